The molecular formula is C15H29N3O2. The zero-order valence-corrected chi connectivity index (χ0v) is 13.2. The number of carbonyl (C=O) groups excluding carboxylic acids is 1. The van der Waals surface area contributed by atoms with Gasteiger partial charge < -0.3 is 19.9 Å². The highest BCUT2D eigenvalue weighted by Gasteiger charge is 2.28. The Kier molecular flexibility index (Phi) is 5.27. The zero-order chi connectivity index (χ0) is 14.6. The van der Waals surface area contributed by atoms with Gasteiger partial charge in [0.25, 0.3) is 0 Å². The van der Waals surface area contributed by atoms with Gasteiger partial charge in [0, 0.05) is 45.8 Å². The average molecular weight is 283 g/mol. The molecule has 0 aromatic heterocycles. The molecule has 1 N–H and O–H groups in total. The molecule has 20 heavy (non-hydrogen) atoms. The fourth-order valence-corrected chi connectivity index (χ4v) is 2.97. The summed E-state index contributed by atoms with van der Waals surface area (Å²) in [6.45, 7) is 13.0. The van der Waals surface area contributed by atoms with Crippen LogP contribution in [0.25, 0.3) is 0 Å². The van der Waals surface area contributed by atoms with E-state index in [0.29, 0.717) is 5.92 Å². The number of ether oxygens (including phenoxy) is 1. The first-order valence-corrected chi connectivity index (χ1v) is 7.85. The third-order valence-corrected chi connectivity index (χ3v) is 3.90. The van der Waals surface area contributed by atoms with Crippen molar-refractivity contribution in [3.05, 3.63) is 0 Å². The maximum Gasteiger partial charge on any atom is 0.410 e. The van der Waals surface area contributed by atoms with Gasteiger partial charge in [-0.2, -0.15) is 0 Å². The number of nitrogens with one attached hydrogen (secondary N) is 1. The van der Waals surface area contributed by atoms with E-state index in [1.54, 1.807) is 0 Å². The van der Waals surface area contributed by atoms with E-state index in [2.05, 4.69) is 10.2 Å². The SMILES string of the molecule is CC(C)(C)OC(=O)N1CCC[C@H](CN2CCNCC2)C1. The van der Waals surface area contributed by atoms with Crippen LogP contribution in [-0.2, 0) is 4.74 Å². The number of piperazine rings is 1. The lowest BCUT2D eigenvalue weighted by Gasteiger charge is -2.37. The lowest BCUT2D eigenvalue weighted by molar-refractivity contribution is 0.0142. The molecule has 0 bridgehead atoms. The fraction of sp³-hybridized carbons (Fsp3) is 0.933. The molecule has 5 heteroatoms. The van der Waals surface area contributed by atoms with Crippen molar-refractivity contribution in [2.24, 2.45) is 5.92 Å². The van der Waals surface area contributed by atoms with Crippen molar-refractivity contribution in [3.63, 3.8) is 0 Å². The van der Waals surface area contributed by atoms with Crippen LogP contribution in [0.3, 0.4) is 0 Å². The molecule has 2 aliphatic heterocycles. The minimum Gasteiger partial charge on any atom is -0.444 e. The number of carbonyl (C=O) groups is 1. The number of likely N-dealkylation sites (tertiary alicyclic amines) is 1. The van der Waals surface area contributed by atoms with Crippen LogP contribution in [0.2, 0.25) is 0 Å². The normalized spacial score (nSPS) is 25.6. The predicted molar refractivity (Wildman–Crippen MR) is 79.8 cm³/mol. The van der Waals surface area contributed by atoms with Gasteiger partial charge in [0.05, 0.1) is 0 Å². The highest BCUT2D eigenvalue weighted by molar-refractivity contribution is 5.68. The summed E-state index contributed by atoms with van der Waals surface area (Å²) in [5.74, 6) is 0.592. The van der Waals surface area contributed by atoms with Gasteiger partial charge in [-0.1, -0.05) is 0 Å². The Morgan fingerprint density at radius 1 is 1.25 bits per heavy atom. The third kappa shape index (κ3) is 4.94. The molecule has 2 fully saturated rings. The Balaban J connectivity index is 1.80. The van der Waals surface area contributed by atoms with Crippen LogP contribution in [-0.4, -0.2) is 67.3 Å². The summed E-state index contributed by atoms with van der Waals surface area (Å²) < 4.78 is 5.48. The maximum absolute atomic E-state index is 12.1. The van der Waals surface area contributed by atoms with Crippen molar-refractivity contribution in [2.75, 3.05) is 45.8 Å². The molecule has 2 saturated heterocycles. The smallest absolute Gasteiger partial charge is 0.410 e. The van der Waals surface area contributed by atoms with E-state index in [4.69, 9.17) is 4.74 Å². The molecular weight excluding hydrogens is 254 g/mol. The number of piperidine rings is 1. The standard InChI is InChI=1S/C15H29N3O2/c1-15(2,3)20-14(19)18-8-4-5-13(12-18)11-17-9-6-16-7-10-17/h13,16H,4-12H2,1-3H3/t13-/m1/s1. The molecule has 5 nitrogen and oxygen atoms in total. The molecule has 1 atom stereocenters. The fourth-order valence-electron chi connectivity index (χ4n) is 2.97. The first kappa shape index (κ1) is 15.6. The van der Waals surface area contributed by atoms with Crippen molar-refractivity contribution in [1.29, 1.82) is 0 Å². The number of amides is 1. The summed E-state index contributed by atoms with van der Waals surface area (Å²) in [7, 11) is 0. The molecule has 0 saturated carbocycles. The lowest BCUT2D eigenvalue weighted by Crippen LogP contribution is -2.49. The van der Waals surface area contributed by atoms with E-state index in [9.17, 15) is 4.79 Å². The summed E-state index contributed by atoms with van der Waals surface area (Å²) in [5.41, 5.74) is -0.400. The summed E-state index contributed by atoms with van der Waals surface area (Å²) >= 11 is 0. The number of rotatable bonds is 2. The van der Waals surface area contributed by atoms with Crippen molar-refractivity contribution in [2.45, 2.75) is 39.2 Å². The Labute approximate surface area is 122 Å². The van der Waals surface area contributed by atoms with Gasteiger partial charge in [0.2, 0.25) is 0 Å². The van der Waals surface area contributed by atoms with Crippen molar-refractivity contribution < 1.29 is 9.53 Å². The second-order valence-electron chi connectivity index (χ2n) is 6.99. The van der Waals surface area contributed by atoms with Crippen LogP contribution < -0.4 is 5.32 Å². The average Bonchev–Trinajstić information content (AvgIpc) is 2.38. The minimum absolute atomic E-state index is 0.150. The van der Waals surface area contributed by atoms with Crippen LogP contribution in [0.4, 0.5) is 4.79 Å². The molecule has 0 aromatic rings. The first-order chi connectivity index (χ1) is 9.44. The predicted octanol–water partition coefficient (Wildman–Crippen LogP) is 1.54. The molecule has 116 valence electrons. The van der Waals surface area contributed by atoms with E-state index in [1.807, 2.05) is 25.7 Å². The third-order valence-electron chi connectivity index (χ3n) is 3.90. The lowest BCUT2D eigenvalue weighted by atomic mass is 9.97. The van der Waals surface area contributed by atoms with E-state index < -0.39 is 5.60 Å². The van der Waals surface area contributed by atoms with Crippen molar-refractivity contribution in [3.8, 4) is 0 Å². The molecule has 0 radical (unpaired) electrons. The van der Waals surface area contributed by atoms with Crippen LogP contribution >= 0.6 is 0 Å². The van der Waals surface area contributed by atoms with Crippen LogP contribution in [0.15, 0.2) is 0 Å². The van der Waals surface area contributed by atoms with Gasteiger partial charge in [-0.25, -0.2) is 4.79 Å². The second-order valence-corrected chi connectivity index (χ2v) is 6.99. The van der Waals surface area contributed by atoms with E-state index >= 15 is 0 Å². The maximum atomic E-state index is 12.1. The summed E-state index contributed by atoms with van der Waals surface area (Å²) in [5, 5.41) is 3.38. The highest BCUT2D eigenvalue weighted by atomic mass is 16.6. The van der Waals surface area contributed by atoms with Crippen LogP contribution in [0, 0.1) is 5.92 Å². The topological polar surface area (TPSA) is 44.8 Å². The van der Waals surface area contributed by atoms with E-state index in [1.165, 1.54) is 6.42 Å². The number of hydrogen-bond donors (Lipinski definition) is 1. The van der Waals surface area contributed by atoms with Crippen LogP contribution in [0.5, 0.6) is 0 Å². The van der Waals surface area contributed by atoms with E-state index in [-0.39, 0.29) is 6.09 Å². The van der Waals surface area contributed by atoms with Gasteiger partial charge in [-0.15, -0.1) is 0 Å². The first-order valence-electron chi connectivity index (χ1n) is 7.85. The van der Waals surface area contributed by atoms with Crippen molar-refractivity contribution >= 4 is 6.09 Å². The largest absolute Gasteiger partial charge is 0.444 e. The number of hydrogen-bond acceptors (Lipinski definition) is 4. The van der Waals surface area contributed by atoms with Crippen molar-refractivity contribution in [1.82, 2.24) is 15.1 Å². The Morgan fingerprint density at radius 3 is 2.60 bits per heavy atom. The summed E-state index contributed by atoms with van der Waals surface area (Å²) in [6, 6.07) is 0. The molecule has 0 unspecified atom stereocenters. The second kappa shape index (κ2) is 6.76. The van der Waals surface area contributed by atoms with E-state index in [0.717, 1.165) is 52.2 Å². The molecule has 0 aliphatic carbocycles. The molecule has 0 aromatic carbocycles. The Morgan fingerprint density at radius 2 is 1.95 bits per heavy atom. The van der Waals surface area contributed by atoms with Gasteiger partial charge >= 0.3 is 6.09 Å². The molecule has 2 aliphatic rings. The van der Waals surface area contributed by atoms with Gasteiger partial charge in [-0.05, 0) is 39.5 Å². The molecule has 0 spiro atoms. The number of nitrogens with zero attached hydrogens (tertiary/aromatic N) is 2. The quantitative estimate of drug-likeness (QED) is 0.835. The van der Waals surface area contributed by atoms with Gasteiger partial charge in [0.1, 0.15) is 5.60 Å². The van der Waals surface area contributed by atoms with Gasteiger partial charge in [-0.3, -0.25) is 0 Å². The summed E-state index contributed by atoms with van der Waals surface area (Å²) in [6.07, 6.45) is 2.17. The monoisotopic (exact) mass is 283 g/mol. The Bertz CT molecular complexity index is 322. The minimum atomic E-state index is -0.400. The van der Waals surface area contributed by atoms with Crippen LogP contribution in [0.1, 0.15) is 33.6 Å². The molecule has 2 heterocycles. The highest BCUT2D eigenvalue weighted by Crippen LogP contribution is 2.20. The summed E-state index contributed by atoms with van der Waals surface area (Å²) in [4.78, 5) is 16.5. The molecule has 1 amide bonds. The molecule has 2 rings (SSSR count). The zero-order valence-electron chi connectivity index (χ0n) is 13.2. The van der Waals surface area contributed by atoms with Gasteiger partial charge in [0.15, 0.2) is 0 Å². The Hall–Kier alpha value is -0.810.